The molecule has 0 spiro atoms. The molecule has 0 saturated carbocycles. The van der Waals surface area contributed by atoms with Gasteiger partial charge in [0, 0.05) is 28.8 Å². The summed E-state index contributed by atoms with van der Waals surface area (Å²) >= 11 is 0. The number of fused-ring (bicyclic) bond motifs is 4. The van der Waals surface area contributed by atoms with Crippen molar-refractivity contribution in [3.8, 4) is 11.5 Å². The van der Waals surface area contributed by atoms with Crippen LogP contribution in [0, 0.1) is 0 Å². The third-order valence-electron chi connectivity index (χ3n) is 5.50. The predicted molar refractivity (Wildman–Crippen MR) is 128 cm³/mol. The number of pyridine rings is 1. The van der Waals surface area contributed by atoms with Gasteiger partial charge < -0.3 is 14.8 Å². The molecule has 1 aliphatic heterocycles. The molecule has 2 heterocycles. The zero-order valence-electron chi connectivity index (χ0n) is 18.0. The van der Waals surface area contributed by atoms with E-state index in [2.05, 4.69) is 17.0 Å². The molecule has 164 valence electrons. The molecule has 3 aromatic carbocycles. The quantitative estimate of drug-likeness (QED) is 0.424. The lowest BCUT2D eigenvalue weighted by molar-refractivity contribution is 0.254. The van der Waals surface area contributed by atoms with Crippen molar-refractivity contribution in [2.24, 2.45) is 0 Å². The van der Waals surface area contributed by atoms with Crippen LogP contribution >= 0.6 is 0 Å². The monoisotopic (exact) mass is 449 g/mol. The summed E-state index contributed by atoms with van der Waals surface area (Å²) in [7, 11) is -1.83. The second-order valence-electron chi connectivity index (χ2n) is 7.99. The Hall–Kier alpha value is -3.52. The van der Waals surface area contributed by atoms with Gasteiger partial charge in [0.25, 0.3) is 0 Å². The molecule has 1 atom stereocenters. The maximum atomic E-state index is 11.6. The molecule has 7 nitrogen and oxygen atoms in total. The van der Waals surface area contributed by atoms with Crippen molar-refractivity contribution in [2.45, 2.75) is 19.4 Å². The van der Waals surface area contributed by atoms with Crippen molar-refractivity contribution in [1.29, 1.82) is 0 Å². The third kappa shape index (κ3) is 3.67. The first-order valence-corrected chi connectivity index (χ1v) is 12.2. The van der Waals surface area contributed by atoms with Gasteiger partial charge in [0.15, 0.2) is 0 Å². The molecule has 0 saturated heterocycles. The fourth-order valence-corrected chi connectivity index (χ4v) is 4.75. The maximum Gasteiger partial charge on any atom is 0.229 e. The number of ether oxygens (including phenoxy) is 2. The minimum absolute atomic E-state index is 0.121. The van der Waals surface area contributed by atoms with Gasteiger partial charge in [-0.25, -0.2) is 13.4 Å². The van der Waals surface area contributed by atoms with Crippen molar-refractivity contribution in [2.75, 3.05) is 23.4 Å². The van der Waals surface area contributed by atoms with Gasteiger partial charge in [0.2, 0.25) is 10.0 Å². The number of nitrogens with zero attached hydrogens (tertiary/aromatic N) is 1. The van der Waals surface area contributed by atoms with E-state index in [9.17, 15) is 8.42 Å². The van der Waals surface area contributed by atoms with Crippen molar-refractivity contribution < 1.29 is 17.9 Å². The number of aromatic nitrogens is 1. The number of hydrogen-bond acceptors (Lipinski definition) is 6. The maximum absolute atomic E-state index is 11.6. The van der Waals surface area contributed by atoms with E-state index in [1.807, 2.05) is 36.4 Å². The molecular formula is C24H23N3O4S. The topological polar surface area (TPSA) is 89.5 Å². The van der Waals surface area contributed by atoms with Gasteiger partial charge in [-0.1, -0.05) is 18.2 Å². The van der Waals surface area contributed by atoms with Crippen molar-refractivity contribution in [3.05, 3.63) is 60.2 Å². The van der Waals surface area contributed by atoms with Crippen LogP contribution in [0.15, 0.2) is 54.6 Å². The zero-order valence-corrected chi connectivity index (χ0v) is 18.8. The Morgan fingerprint density at radius 3 is 2.69 bits per heavy atom. The fourth-order valence-electron chi connectivity index (χ4n) is 4.19. The van der Waals surface area contributed by atoms with Crippen LogP contribution in [0.1, 0.15) is 12.5 Å². The lowest BCUT2D eigenvalue weighted by atomic mass is 10.0. The predicted octanol–water partition coefficient (Wildman–Crippen LogP) is 4.84. The first-order chi connectivity index (χ1) is 15.3. The molecule has 1 unspecified atom stereocenters. The van der Waals surface area contributed by atoms with Gasteiger partial charge in [-0.05, 0) is 37.3 Å². The summed E-state index contributed by atoms with van der Waals surface area (Å²) in [6.07, 6.45) is 2.05. The highest BCUT2D eigenvalue weighted by Gasteiger charge is 2.24. The molecule has 1 aromatic heterocycles. The Labute approximate surface area is 186 Å². The van der Waals surface area contributed by atoms with Crippen molar-refractivity contribution in [3.63, 3.8) is 0 Å². The summed E-state index contributed by atoms with van der Waals surface area (Å²) in [4.78, 5) is 4.96. The second-order valence-corrected chi connectivity index (χ2v) is 9.74. The molecule has 0 fully saturated rings. The van der Waals surface area contributed by atoms with E-state index in [1.54, 1.807) is 25.3 Å². The van der Waals surface area contributed by atoms with Crippen molar-refractivity contribution >= 4 is 48.9 Å². The lowest BCUT2D eigenvalue weighted by Crippen LogP contribution is -2.09. The number of anilines is 3. The zero-order chi connectivity index (χ0) is 22.5. The van der Waals surface area contributed by atoms with Crippen LogP contribution < -0.4 is 19.5 Å². The first kappa shape index (κ1) is 20.4. The SMILES string of the molecule is COc1cc(NS(C)(=O)=O)ccc1Nc1c2ccccc2nc2c3c(ccc12)OC(C)C3. The molecule has 32 heavy (non-hydrogen) atoms. The molecular weight excluding hydrogens is 426 g/mol. The number of sulfonamides is 1. The summed E-state index contributed by atoms with van der Waals surface area (Å²) in [6.45, 7) is 2.06. The van der Waals surface area contributed by atoms with E-state index in [4.69, 9.17) is 14.5 Å². The Kier molecular flexibility index (Phi) is 4.82. The molecule has 0 radical (unpaired) electrons. The Morgan fingerprint density at radius 2 is 1.91 bits per heavy atom. The van der Waals surface area contributed by atoms with Gasteiger partial charge in [-0.15, -0.1) is 0 Å². The highest BCUT2D eigenvalue weighted by molar-refractivity contribution is 7.92. The number of nitrogens with one attached hydrogen (secondary N) is 2. The number of hydrogen-bond donors (Lipinski definition) is 2. The van der Waals surface area contributed by atoms with Crippen LogP contribution in [0.2, 0.25) is 0 Å². The van der Waals surface area contributed by atoms with Gasteiger partial charge in [-0.3, -0.25) is 4.72 Å². The number of rotatable bonds is 5. The van der Waals surface area contributed by atoms with Crippen LogP contribution in [0.5, 0.6) is 11.5 Å². The van der Waals surface area contributed by atoms with Gasteiger partial charge in [-0.2, -0.15) is 0 Å². The first-order valence-electron chi connectivity index (χ1n) is 10.3. The average Bonchev–Trinajstić information content (AvgIpc) is 3.14. The van der Waals surface area contributed by atoms with Gasteiger partial charge >= 0.3 is 0 Å². The Balaban J connectivity index is 1.68. The smallest absolute Gasteiger partial charge is 0.229 e. The second kappa shape index (κ2) is 7.56. The van der Waals surface area contributed by atoms with Crippen molar-refractivity contribution in [1.82, 2.24) is 4.98 Å². The molecule has 8 heteroatoms. The van der Waals surface area contributed by atoms with Crippen LogP contribution in [0.4, 0.5) is 17.1 Å². The van der Waals surface area contributed by atoms with Crippen LogP contribution in [-0.4, -0.2) is 32.9 Å². The number of para-hydroxylation sites is 1. The van der Waals surface area contributed by atoms with E-state index in [-0.39, 0.29) is 6.10 Å². The minimum atomic E-state index is -3.39. The largest absolute Gasteiger partial charge is 0.494 e. The lowest BCUT2D eigenvalue weighted by Gasteiger charge is -2.17. The van der Waals surface area contributed by atoms with E-state index >= 15 is 0 Å². The molecule has 1 aliphatic rings. The molecule has 5 rings (SSSR count). The van der Waals surface area contributed by atoms with E-state index in [0.717, 1.165) is 51.5 Å². The Morgan fingerprint density at radius 1 is 1.09 bits per heavy atom. The number of benzene rings is 3. The summed E-state index contributed by atoms with van der Waals surface area (Å²) in [5.74, 6) is 1.40. The summed E-state index contributed by atoms with van der Waals surface area (Å²) in [5, 5.41) is 5.48. The molecule has 0 aliphatic carbocycles. The molecule has 0 bridgehead atoms. The Bertz CT molecular complexity index is 1470. The summed E-state index contributed by atoms with van der Waals surface area (Å²) in [6, 6.07) is 17.2. The van der Waals surface area contributed by atoms with Crippen LogP contribution in [-0.2, 0) is 16.4 Å². The van der Waals surface area contributed by atoms with Crippen LogP contribution in [0.25, 0.3) is 21.8 Å². The van der Waals surface area contributed by atoms with Gasteiger partial charge in [0.05, 0.1) is 41.5 Å². The number of methoxy groups -OCH3 is 1. The third-order valence-corrected chi connectivity index (χ3v) is 6.11. The summed E-state index contributed by atoms with van der Waals surface area (Å²) < 4.78 is 37.2. The normalized spacial score (nSPS) is 15.4. The van der Waals surface area contributed by atoms with Crippen LogP contribution in [0.3, 0.4) is 0 Å². The standard InChI is InChI=1S/C24H23N3O4S/c1-14-12-18-21(31-14)11-9-17-23(16-6-4-5-7-19(16)25-24(17)18)26-20-10-8-15(13-22(20)30-2)27-32(3,28)29/h4-11,13-14,27H,12H2,1-3H3,(H,25,26). The minimum Gasteiger partial charge on any atom is -0.494 e. The molecule has 4 aromatic rings. The van der Waals surface area contributed by atoms with E-state index in [1.165, 1.54) is 0 Å². The average molecular weight is 450 g/mol. The van der Waals surface area contributed by atoms with Gasteiger partial charge in [0.1, 0.15) is 17.6 Å². The highest BCUT2D eigenvalue weighted by atomic mass is 32.2. The highest BCUT2D eigenvalue weighted by Crippen LogP contribution is 2.41. The fraction of sp³-hybridized carbons (Fsp3) is 0.208. The summed E-state index contributed by atoms with van der Waals surface area (Å²) in [5.41, 5.74) is 4.98. The molecule has 2 N–H and O–H groups in total. The molecule has 0 amide bonds. The van der Waals surface area contributed by atoms with E-state index in [0.29, 0.717) is 17.1 Å². The van der Waals surface area contributed by atoms with E-state index < -0.39 is 10.0 Å².